The molecule has 0 aliphatic carbocycles. The van der Waals surface area contributed by atoms with Crippen molar-refractivity contribution in [1.29, 1.82) is 0 Å². The summed E-state index contributed by atoms with van der Waals surface area (Å²) in [6.45, 7) is 0.554. The average Bonchev–Trinajstić information content (AvgIpc) is 2.85. The van der Waals surface area contributed by atoms with Crippen molar-refractivity contribution < 1.29 is 28.9 Å². The summed E-state index contributed by atoms with van der Waals surface area (Å²) in [5, 5.41) is 9.15. The highest BCUT2D eigenvalue weighted by Gasteiger charge is 2.08. The van der Waals surface area contributed by atoms with Gasteiger partial charge in [0.1, 0.15) is 19.0 Å². The number of aliphatic hydroxyl groups excluding tert-OH is 1. The zero-order valence-electron chi connectivity index (χ0n) is 18.0. The van der Waals surface area contributed by atoms with Gasteiger partial charge in [0.15, 0.2) is 0 Å². The van der Waals surface area contributed by atoms with Crippen molar-refractivity contribution in [2.24, 2.45) is 0 Å². The predicted octanol–water partition coefficient (Wildman–Crippen LogP) is 4.42. The zero-order chi connectivity index (χ0) is 22.8. The van der Waals surface area contributed by atoms with Crippen LogP contribution in [0, 0.1) is 0 Å². The number of aliphatic hydroxyl groups is 1. The molecule has 1 N–H and O–H groups in total. The van der Waals surface area contributed by atoms with Crippen LogP contribution < -0.4 is 4.74 Å². The highest BCUT2D eigenvalue weighted by molar-refractivity contribution is 5.77. The van der Waals surface area contributed by atoms with Crippen molar-refractivity contribution >= 4 is 11.9 Å². The van der Waals surface area contributed by atoms with E-state index in [0.29, 0.717) is 6.61 Å². The quantitative estimate of drug-likeness (QED) is 0.476. The predicted molar refractivity (Wildman–Crippen MR) is 120 cm³/mol. The van der Waals surface area contributed by atoms with Crippen LogP contribution in [0.25, 0.3) is 11.1 Å². The van der Waals surface area contributed by atoms with Crippen molar-refractivity contribution in [3.8, 4) is 16.9 Å². The minimum Gasteiger partial charge on any atom is -0.489 e. The third-order valence-corrected chi connectivity index (χ3v) is 4.88. The number of hydrogen-bond acceptors (Lipinski definition) is 6. The number of carbonyl (C=O) groups is 2. The van der Waals surface area contributed by atoms with Crippen LogP contribution in [0.15, 0.2) is 72.8 Å². The number of hydrogen-bond donors (Lipinski definition) is 1. The maximum absolute atomic E-state index is 11.7. The highest BCUT2D eigenvalue weighted by atomic mass is 16.5. The van der Waals surface area contributed by atoms with E-state index in [9.17, 15) is 9.59 Å². The topological polar surface area (TPSA) is 82.1 Å². The van der Waals surface area contributed by atoms with Gasteiger partial charge in [-0.3, -0.25) is 9.59 Å². The third kappa shape index (κ3) is 6.96. The normalized spacial score (nSPS) is 10.4. The Morgan fingerprint density at radius 3 is 1.97 bits per heavy atom. The van der Waals surface area contributed by atoms with Gasteiger partial charge in [0.25, 0.3) is 0 Å². The first-order chi connectivity index (χ1) is 15.6. The lowest BCUT2D eigenvalue weighted by Crippen LogP contribution is -2.09. The molecule has 6 nitrogen and oxygen atoms in total. The standard InChI is InChI=1S/C26H26O6/c1-30-25(28)13-14-26(29)32-18-21-4-2-3-20(15-21)17-31-24-11-9-23(10-12-24)22-7-5-19(16-27)6-8-22/h2-12,15,27H,13-14,16-18H2,1H3. The van der Waals surface area contributed by atoms with E-state index in [1.165, 1.54) is 7.11 Å². The summed E-state index contributed by atoms with van der Waals surface area (Å²) in [6, 6.07) is 23.2. The van der Waals surface area contributed by atoms with Gasteiger partial charge in [-0.05, 0) is 46.0 Å². The van der Waals surface area contributed by atoms with Crippen molar-refractivity contribution in [2.75, 3.05) is 7.11 Å². The maximum atomic E-state index is 11.7. The molecule has 0 aromatic heterocycles. The fourth-order valence-corrected chi connectivity index (χ4v) is 3.06. The zero-order valence-corrected chi connectivity index (χ0v) is 18.0. The molecule has 0 atom stereocenters. The third-order valence-electron chi connectivity index (χ3n) is 4.88. The molecule has 0 radical (unpaired) electrons. The molecule has 32 heavy (non-hydrogen) atoms. The van der Waals surface area contributed by atoms with Gasteiger partial charge in [0.2, 0.25) is 0 Å². The van der Waals surface area contributed by atoms with E-state index in [2.05, 4.69) is 4.74 Å². The molecule has 3 aromatic rings. The van der Waals surface area contributed by atoms with Gasteiger partial charge in [-0.25, -0.2) is 0 Å². The molecular formula is C26H26O6. The van der Waals surface area contributed by atoms with Crippen molar-refractivity contribution in [1.82, 2.24) is 0 Å². The van der Waals surface area contributed by atoms with E-state index < -0.39 is 11.9 Å². The van der Waals surface area contributed by atoms with E-state index in [4.69, 9.17) is 14.6 Å². The smallest absolute Gasteiger partial charge is 0.306 e. The molecule has 0 unspecified atom stereocenters. The summed E-state index contributed by atoms with van der Waals surface area (Å²) in [6.07, 6.45) is 0.00697. The van der Waals surface area contributed by atoms with Crippen LogP contribution in [-0.4, -0.2) is 24.2 Å². The van der Waals surface area contributed by atoms with Gasteiger partial charge in [0, 0.05) is 0 Å². The van der Waals surface area contributed by atoms with Crippen LogP contribution in [0.1, 0.15) is 29.5 Å². The molecule has 0 heterocycles. The number of esters is 2. The lowest BCUT2D eigenvalue weighted by molar-refractivity contribution is -0.149. The Kier molecular flexibility index (Phi) is 8.40. The number of rotatable bonds is 10. The molecule has 0 bridgehead atoms. The Morgan fingerprint density at radius 1 is 0.750 bits per heavy atom. The van der Waals surface area contributed by atoms with Crippen molar-refractivity contribution in [3.63, 3.8) is 0 Å². The Hall–Kier alpha value is -3.64. The molecule has 0 spiro atoms. The molecule has 3 aromatic carbocycles. The lowest BCUT2D eigenvalue weighted by Gasteiger charge is -2.10. The number of methoxy groups -OCH3 is 1. The molecule has 3 rings (SSSR count). The van der Waals surface area contributed by atoms with E-state index in [0.717, 1.165) is 33.6 Å². The van der Waals surface area contributed by atoms with Crippen molar-refractivity contribution in [3.05, 3.63) is 89.5 Å². The summed E-state index contributed by atoms with van der Waals surface area (Å²) in [5.74, 6) is -0.128. The van der Waals surface area contributed by atoms with Crippen LogP contribution in [0.5, 0.6) is 5.75 Å². The summed E-state index contributed by atoms with van der Waals surface area (Å²) >= 11 is 0. The molecular weight excluding hydrogens is 408 g/mol. The van der Waals surface area contributed by atoms with E-state index in [1.807, 2.05) is 72.8 Å². The second-order valence-corrected chi connectivity index (χ2v) is 7.22. The molecule has 0 aliphatic heterocycles. The van der Waals surface area contributed by atoms with E-state index in [1.54, 1.807) is 0 Å². The minimum absolute atomic E-state index is 0.00293. The number of ether oxygens (including phenoxy) is 3. The SMILES string of the molecule is COC(=O)CCC(=O)OCc1cccc(COc2ccc(-c3ccc(CO)cc3)cc2)c1. The fraction of sp³-hybridized carbons (Fsp3) is 0.231. The first-order valence-electron chi connectivity index (χ1n) is 10.3. The van der Waals surface area contributed by atoms with Crippen LogP contribution in [0.2, 0.25) is 0 Å². The summed E-state index contributed by atoms with van der Waals surface area (Å²) in [5.41, 5.74) is 4.82. The molecule has 0 fully saturated rings. The molecule has 6 heteroatoms. The largest absolute Gasteiger partial charge is 0.489 e. The van der Waals surface area contributed by atoms with Crippen molar-refractivity contribution in [2.45, 2.75) is 32.7 Å². The van der Waals surface area contributed by atoms with Crippen LogP contribution in [0.3, 0.4) is 0 Å². The molecule has 0 saturated heterocycles. The average molecular weight is 434 g/mol. The fourth-order valence-electron chi connectivity index (χ4n) is 3.06. The monoisotopic (exact) mass is 434 g/mol. The minimum atomic E-state index is -0.442. The Bertz CT molecular complexity index is 1020. The summed E-state index contributed by atoms with van der Waals surface area (Å²) in [4.78, 5) is 22.8. The Balaban J connectivity index is 1.50. The van der Waals surface area contributed by atoms with Crippen LogP contribution in [-0.2, 0) is 38.9 Å². The molecule has 166 valence electrons. The maximum Gasteiger partial charge on any atom is 0.306 e. The molecule has 0 saturated carbocycles. The van der Waals surface area contributed by atoms with Gasteiger partial charge in [0.05, 0.1) is 26.6 Å². The van der Waals surface area contributed by atoms with Gasteiger partial charge in [-0.1, -0.05) is 54.6 Å². The second-order valence-electron chi connectivity index (χ2n) is 7.22. The molecule has 0 aliphatic rings. The molecule has 0 amide bonds. The van der Waals surface area contributed by atoms with Crippen LogP contribution >= 0.6 is 0 Å². The van der Waals surface area contributed by atoms with Gasteiger partial charge in [-0.2, -0.15) is 0 Å². The first kappa shape index (κ1) is 23.0. The lowest BCUT2D eigenvalue weighted by atomic mass is 10.0. The highest BCUT2D eigenvalue weighted by Crippen LogP contribution is 2.23. The van der Waals surface area contributed by atoms with E-state index >= 15 is 0 Å². The van der Waals surface area contributed by atoms with E-state index in [-0.39, 0.29) is 26.1 Å². The summed E-state index contributed by atoms with van der Waals surface area (Å²) < 4.78 is 15.6. The van der Waals surface area contributed by atoms with Gasteiger partial charge in [-0.15, -0.1) is 0 Å². The van der Waals surface area contributed by atoms with Gasteiger partial charge < -0.3 is 19.3 Å². The second kappa shape index (κ2) is 11.7. The van der Waals surface area contributed by atoms with Gasteiger partial charge >= 0.3 is 11.9 Å². The number of benzene rings is 3. The Labute approximate surface area is 187 Å². The first-order valence-corrected chi connectivity index (χ1v) is 10.3. The Morgan fingerprint density at radius 2 is 1.34 bits per heavy atom. The van der Waals surface area contributed by atoms with Crippen LogP contribution in [0.4, 0.5) is 0 Å². The summed E-state index contributed by atoms with van der Waals surface area (Å²) in [7, 11) is 1.28. The number of carbonyl (C=O) groups excluding carboxylic acids is 2.